The van der Waals surface area contributed by atoms with Gasteiger partial charge >= 0.3 is 0 Å². The number of amides is 1. The van der Waals surface area contributed by atoms with Crippen molar-refractivity contribution in [2.24, 2.45) is 0 Å². The minimum atomic E-state index is -0.642. The summed E-state index contributed by atoms with van der Waals surface area (Å²) in [4.78, 5) is 12.0. The van der Waals surface area contributed by atoms with Crippen LogP contribution in [-0.4, -0.2) is 25.7 Å². The fraction of sp³-hybridized carbons (Fsp3) is 0.278. The fourth-order valence-electron chi connectivity index (χ4n) is 2.04. The third-order valence-electron chi connectivity index (χ3n) is 3.37. The van der Waals surface area contributed by atoms with Crippen LogP contribution in [0.5, 0.6) is 11.5 Å². The third-order valence-corrected chi connectivity index (χ3v) is 3.37. The summed E-state index contributed by atoms with van der Waals surface area (Å²) in [6.45, 7) is 2.17. The number of carbonyl (C=O) groups excluding carboxylic acids is 1. The summed E-state index contributed by atoms with van der Waals surface area (Å²) in [7, 11) is 1.62. The van der Waals surface area contributed by atoms with Gasteiger partial charge in [0, 0.05) is 6.54 Å². The Kier molecular flexibility index (Phi) is 5.97. The summed E-state index contributed by atoms with van der Waals surface area (Å²) in [6, 6.07) is 13.3. The van der Waals surface area contributed by atoms with Gasteiger partial charge < -0.3 is 14.8 Å². The molecule has 0 aromatic heterocycles. The highest BCUT2D eigenvalue weighted by atomic mass is 19.1. The topological polar surface area (TPSA) is 47.6 Å². The highest BCUT2D eigenvalue weighted by molar-refractivity contribution is 5.80. The van der Waals surface area contributed by atoms with Crippen LogP contribution in [-0.2, 0) is 11.2 Å². The summed E-state index contributed by atoms with van der Waals surface area (Å²) in [6.07, 6.45) is 0.0789. The molecule has 2 aromatic carbocycles. The van der Waals surface area contributed by atoms with Gasteiger partial charge in [0.1, 0.15) is 17.3 Å². The second-order valence-corrected chi connectivity index (χ2v) is 5.10. The lowest BCUT2D eigenvalue weighted by molar-refractivity contribution is -0.127. The average molecular weight is 317 g/mol. The van der Waals surface area contributed by atoms with E-state index in [9.17, 15) is 9.18 Å². The molecule has 0 aliphatic heterocycles. The Morgan fingerprint density at radius 3 is 2.30 bits per heavy atom. The molecule has 0 saturated heterocycles. The molecule has 0 aliphatic rings. The van der Waals surface area contributed by atoms with E-state index in [1.165, 1.54) is 24.3 Å². The number of benzene rings is 2. The number of nitrogens with one attached hydrogen (secondary N) is 1. The summed E-state index contributed by atoms with van der Waals surface area (Å²) >= 11 is 0. The van der Waals surface area contributed by atoms with Crippen LogP contribution in [0.1, 0.15) is 12.5 Å². The number of methoxy groups -OCH3 is 1. The number of carbonyl (C=O) groups is 1. The molecule has 122 valence electrons. The first-order valence-corrected chi connectivity index (χ1v) is 7.41. The Labute approximate surface area is 135 Å². The molecule has 1 atom stereocenters. The summed E-state index contributed by atoms with van der Waals surface area (Å²) in [5.41, 5.74) is 1.11. The van der Waals surface area contributed by atoms with E-state index >= 15 is 0 Å². The molecule has 23 heavy (non-hydrogen) atoms. The van der Waals surface area contributed by atoms with Gasteiger partial charge in [-0.15, -0.1) is 0 Å². The molecular weight excluding hydrogens is 297 g/mol. The number of ether oxygens (including phenoxy) is 2. The summed E-state index contributed by atoms with van der Waals surface area (Å²) in [5.74, 6) is 0.722. The second kappa shape index (κ2) is 8.17. The Bertz CT molecular complexity index is 626. The first kappa shape index (κ1) is 16.8. The lowest BCUT2D eigenvalue weighted by atomic mass is 10.1. The first-order valence-electron chi connectivity index (χ1n) is 7.41. The molecule has 0 saturated carbocycles. The van der Waals surface area contributed by atoms with Crippen molar-refractivity contribution >= 4 is 5.91 Å². The van der Waals surface area contributed by atoms with Crippen LogP contribution in [0.2, 0.25) is 0 Å². The van der Waals surface area contributed by atoms with Crippen molar-refractivity contribution in [2.45, 2.75) is 19.4 Å². The molecular formula is C18H20FNO3. The maximum Gasteiger partial charge on any atom is 0.260 e. The standard InChI is InChI=1S/C18H20FNO3/c1-13(23-17-9-5-15(19)6-10-17)18(21)20-12-11-14-3-7-16(22-2)8-4-14/h3-10,13H,11-12H2,1-2H3,(H,20,21)/t13-/m1/s1. The van der Waals surface area contributed by atoms with E-state index < -0.39 is 6.10 Å². The largest absolute Gasteiger partial charge is 0.497 e. The van der Waals surface area contributed by atoms with Crippen molar-refractivity contribution in [1.82, 2.24) is 5.32 Å². The van der Waals surface area contributed by atoms with E-state index in [2.05, 4.69) is 5.32 Å². The molecule has 5 heteroatoms. The van der Waals surface area contributed by atoms with E-state index in [1.807, 2.05) is 24.3 Å². The fourth-order valence-corrected chi connectivity index (χ4v) is 2.04. The zero-order chi connectivity index (χ0) is 16.7. The molecule has 2 rings (SSSR count). The zero-order valence-corrected chi connectivity index (χ0v) is 13.2. The number of halogens is 1. The highest BCUT2D eigenvalue weighted by Crippen LogP contribution is 2.13. The van der Waals surface area contributed by atoms with Gasteiger partial charge in [-0.2, -0.15) is 0 Å². The maximum atomic E-state index is 12.8. The van der Waals surface area contributed by atoms with E-state index in [-0.39, 0.29) is 11.7 Å². The zero-order valence-electron chi connectivity index (χ0n) is 13.2. The molecule has 0 radical (unpaired) electrons. The number of hydrogen-bond donors (Lipinski definition) is 1. The molecule has 0 aliphatic carbocycles. The predicted molar refractivity (Wildman–Crippen MR) is 86.2 cm³/mol. The highest BCUT2D eigenvalue weighted by Gasteiger charge is 2.14. The lowest BCUT2D eigenvalue weighted by Crippen LogP contribution is -2.37. The predicted octanol–water partition coefficient (Wildman–Crippen LogP) is 2.96. The van der Waals surface area contributed by atoms with Crippen molar-refractivity contribution < 1.29 is 18.7 Å². The first-order chi connectivity index (χ1) is 11.1. The minimum Gasteiger partial charge on any atom is -0.497 e. The molecule has 4 nitrogen and oxygen atoms in total. The molecule has 2 aromatic rings. The van der Waals surface area contributed by atoms with Crippen LogP contribution >= 0.6 is 0 Å². The van der Waals surface area contributed by atoms with Gasteiger partial charge in [0.2, 0.25) is 0 Å². The van der Waals surface area contributed by atoms with Gasteiger partial charge in [0.25, 0.3) is 5.91 Å². The van der Waals surface area contributed by atoms with Gasteiger partial charge in [0.15, 0.2) is 6.10 Å². The SMILES string of the molecule is COc1ccc(CCNC(=O)[C@@H](C)Oc2ccc(F)cc2)cc1. The van der Waals surface area contributed by atoms with Crippen LogP contribution in [0.4, 0.5) is 4.39 Å². The van der Waals surface area contributed by atoms with Crippen LogP contribution in [0.25, 0.3) is 0 Å². The normalized spacial score (nSPS) is 11.6. The second-order valence-electron chi connectivity index (χ2n) is 5.10. The van der Waals surface area contributed by atoms with E-state index in [0.717, 1.165) is 17.7 Å². The van der Waals surface area contributed by atoms with Crippen molar-refractivity contribution in [3.63, 3.8) is 0 Å². The molecule has 0 unspecified atom stereocenters. The quantitative estimate of drug-likeness (QED) is 0.854. The lowest BCUT2D eigenvalue weighted by Gasteiger charge is -2.14. The van der Waals surface area contributed by atoms with Crippen LogP contribution < -0.4 is 14.8 Å². The van der Waals surface area contributed by atoms with Crippen LogP contribution in [0, 0.1) is 5.82 Å². The molecule has 0 fully saturated rings. The van der Waals surface area contributed by atoms with Gasteiger partial charge in [-0.25, -0.2) is 4.39 Å². The monoisotopic (exact) mass is 317 g/mol. The summed E-state index contributed by atoms with van der Waals surface area (Å²) in [5, 5.41) is 2.82. The Morgan fingerprint density at radius 1 is 1.09 bits per heavy atom. The average Bonchev–Trinajstić information content (AvgIpc) is 2.57. The minimum absolute atomic E-state index is 0.206. The Morgan fingerprint density at radius 2 is 1.70 bits per heavy atom. The number of hydrogen-bond acceptors (Lipinski definition) is 3. The third kappa shape index (κ3) is 5.29. The number of rotatable bonds is 7. The van der Waals surface area contributed by atoms with Crippen molar-refractivity contribution in [2.75, 3.05) is 13.7 Å². The van der Waals surface area contributed by atoms with E-state index in [0.29, 0.717) is 12.3 Å². The maximum absolute atomic E-state index is 12.8. The molecule has 0 bridgehead atoms. The van der Waals surface area contributed by atoms with Gasteiger partial charge in [-0.3, -0.25) is 4.79 Å². The van der Waals surface area contributed by atoms with E-state index in [4.69, 9.17) is 9.47 Å². The van der Waals surface area contributed by atoms with Gasteiger partial charge in [-0.05, 0) is 55.3 Å². The Balaban J connectivity index is 1.75. The molecule has 1 amide bonds. The van der Waals surface area contributed by atoms with Crippen molar-refractivity contribution in [1.29, 1.82) is 0 Å². The molecule has 1 N–H and O–H groups in total. The van der Waals surface area contributed by atoms with Crippen molar-refractivity contribution in [3.05, 3.63) is 59.9 Å². The van der Waals surface area contributed by atoms with Gasteiger partial charge in [-0.1, -0.05) is 12.1 Å². The summed E-state index contributed by atoms with van der Waals surface area (Å²) < 4.78 is 23.4. The van der Waals surface area contributed by atoms with Crippen molar-refractivity contribution in [3.8, 4) is 11.5 Å². The van der Waals surface area contributed by atoms with Crippen LogP contribution in [0.3, 0.4) is 0 Å². The smallest absolute Gasteiger partial charge is 0.260 e. The Hall–Kier alpha value is -2.56. The molecule has 0 spiro atoms. The van der Waals surface area contributed by atoms with E-state index in [1.54, 1.807) is 14.0 Å². The van der Waals surface area contributed by atoms with Crippen LogP contribution in [0.15, 0.2) is 48.5 Å². The van der Waals surface area contributed by atoms with Gasteiger partial charge in [0.05, 0.1) is 7.11 Å². The molecule has 0 heterocycles.